The van der Waals surface area contributed by atoms with E-state index in [1.165, 1.54) is 11.3 Å². The molecule has 31 heavy (non-hydrogen) atoms. The maximum absolute atomic E-state index is 13.0. The number of rotatable bonds is 6. The molecule has 162 valence electrons. The van der Waals surface area contributed by atoms with Crippen LogP contribution in [0.4, 0.5) is 5.13 Å². The Balaban J connectivity index is 1.49. The first-order valence-corrected chi connectivity index (χ1v) is 12.8. The molecule has 2 aromatic carbocycles. The van der Waals surface area contributed by atoms with Gasteiger partial charge >= 0.3 is 0 Å². The standard InChI is InChI=1S/C21H20Cl2N4O2S2/c22-17-8-7-16(19(23)12-17)13-24-26-21-25-20(14-30-21)15-5-4-6-18(11-15)31(28,29)27-9-2-1-3-10-27/h4-8,11-14H,1-3,9-10H2,(H,25,26). The molecular weight excluding hydrogens is 475 g/mol. The third-order valence-electron chi connectivity index (χ3n) is 4.91. The molecule has 1 aromatic heterocycles. The Morgan fingerprint density at radius 3 is 2.68 bits per heavy atom. The molecule has 0 saturated carbocycles. The van der Waals surface area contributed by atoms with E-state index in [9.17, 15) is 8.42 Å². The molecule has 0 radical (unpaired) electrons. The van der Waals surface area contributed by atoms with E-state index in [-0.39, 0.29) is 0 Å². The lowest BCUT2D eigenvalue weighted by molar-refractivity contribution is 0.346. The van der Waals surface area contributed by atoms with Gasteiger partial charge in [0.05, 0.1) is 21.8 Å². The smallest absolute Gasteiger partial charge is 0.243 e. The first-order valence-electron chi connectivity index (χ1n) is 9.74. The maximum atomic E-state index is 13.0. The molecule has 0 unspecified atom stereocenters. The SMILES string of the molecule is O=S(=O)(c1cccc(-c2csc(NN=Cc3ccc(Cl)cc3Cl)n2)c1)N1CCCCC1. The van der Waals surface area contributed by atoms with Gasteiger partial charge in [-0.3, -0.25) is 5.43 Å². The van der Waals surface area contributed by atoms with Crippen molar-refractivity contribution in [3.05, 3.63) is 63.5 Å². The zero-order valence-corrected chi connectivity index (χ0v) is 19.6. The van der Waals surface area contributed by atoms with Crippen LogP contribution in [0.1, 0.15) is 24.8 Å². The van der Waals surface area contributed by atoms with Crippen LogP contribution < -0.4 is 5.43 Å². The molecule has 0 amide bonds. The summed E-state index contributed by atoms with van der Waals surface area (Å²) >= 11 is 13.4. The van der Waals surface area contributed by atoms with E-state index >= 15 is 0 Å². The quantitative estimate of drug-likeness (QED) is 0.350. The Hall–Kier alpha value is -1.97. The average Bonchev–Trinajstić information content (AvgIpc) is 3.25. The number of thiazole rings is 1. The summed E-state index contributed by atoms with van der Waals surface area (Å²) in [6, 6.07) is 12.1. The molecule has 1 aliphatic rings. The number of nitrogens with one attached hydrogen (secondary N) is 1. The first-order chi connectivity index (χ1) is 14.9. The highest BCUT2D eigenvalue weighted by molar-refractivity contribution is 7.89. The number of hydrazone groups is 1. The fraction of sp³-hybridized carbons (Fsp3) is 0.238. The largest absolute Gasteiger partial charge is 0.253 e. The van der Waals surface area contributed by atoms with Gasteiger partial charge in [0.1, 0.15) is 0 Å². The van der Waals surface area contributed by atoms with Gasteiger partial charge in [-0.15, -0.1) is 11.3 Å². The number of piperidine rings is 1. The third-order valence-corrected chi connectivity index (χ3v) is 8.12. The number of hydrogen-bond acceptors (Lipinski definition) is 6. The molecule has 1 aliphatic heterocycles. The van der Waals surface area contributed by atoms with Crippen LogP contribution >= 0.6 is 34.5 Å². The van der Waals surface area contributed by atoms with E-state index in [0.29, 0.717) is 38.9 Å². The monoisotopic (exact) mass is 494 g/mol. The van der Waals surface area contributed by atoms with E-state index < -0.39 is 10.0 Å². The molecule has 10 heteroatoms. The van der Waals surface area contributed by atoms with Gasteiger partial charge in [0.25, 0.3) is 0 Å². The van der Waals surface area contributed by atoms with Crippen LogP contribution in [-0.2, 0) is 10.0 Å². The van der Waals surface area contributed by atoms with Crippen LogP contribution in [0.3, 0.4) is 0 Å². The second kappa shape index (κ2) is 9.67. The highest BCUT2D eigenvalue weighted by atomic mass is 35.5. The zero-order valence-electron chi connectivity index (χ0n) is 16.5. The second-order valence-corrected chi connectivity index (χ2v) is 10.7. The Labute approximate surface area is 195 Å². The highest BCUT2D eigenvalue weighted by Gasteiger charge is 2.26. The molecule has 6 nitrogen and oxygen atoms in total. The fourth-order valence-electron chi connectivity index (χ4n) is 3.29. The normalized spacial score (nSPS) is 15.4. The number of halogens is 2. The van der Waals surface area contributed by atoms with Crippen molar-refractivity contribution in [1.82, 2.24) is 9.29 Å². The Morgan fingerprint density at radius 2 is 1.90 bits per heavy atom. The predicted octanol–water partition coefficient (Wildman–Crippen LogP) is 5.74. The molecule has 0 spiro atoms. The summed E-state index contributed by atoms with van der Waals surface area (Å²) in [7, 11) is -3.49. The predicted molar refractivity (Wildman–Crippen MR) is 128 cm³/mol. The van der Waals surface area contributed by atoms with Crippen LogP contribution in [0.25, 0.3) is 11.3 Å². The van der Waals surface area contributed by atoms with Crippen LogP contribution in [0.15, 0.2) is 57.8 Å². The highest BCUT2D eigenvalue weighted by Crippen LogP contribution is 2.28. The molecule has 0 bridgehead atoms. The maximum Gasteiger partial charge on any atom is 0.243 e. The van der Waals surface area contributed by atoms with Crippen molar-refractivity contribution in [3.63, 3.8) is 0 Å². The summed E-state index contributed by atoms with van der Waals surface area (Å²) in [5, 5.41) is 7.68. The van der Waals surface area contributed by atoms with Crippen molar-refractivity contribution in [2.24, 2.45) is 5.10 Å². The van der Waals surface area contributed by atoms with Gasteiger partial charge in [0.2, 0.25) is 15.2 Å². The van der Waals surface area contributed by atoms with Gasteiger partial charge in [-0.25, -0.2) is 13.4 Å². The van der Waals surface area contributed by atoms with Crippen molar-refractivity contribution >= 4 is 55.9 Å². The summed E-state index contributed by atoms with van der Waals surface area (Å²) in [4.78, 5) is 4.81. The van der Waals surface area contributed by atoms with E-state index in [1.54, 1.807) is 46.9 Å². The average molecular weight is 495 g/mol. The van der Waals surface area contributed by atoms with Gasteiger partial charge in [0.15, 0.2) is 0 Å². The van der Waals surface area contributed by atoms with Gasteiger partial charge in [-0.1, -0.05) is 47.8 Å². The minimum absolute atomic E-state index is 0.296. The number of anilines is 1. The van der Waals surface area contributed by atoms with Crippen molar-refractivity contribution in [1.29, 1.82) is 0 Å². The van der Waals surface area contributed by atoms with Crippen LogP contribution in [0, 0.1) is 0 Å². The van der Waals surface area contributed by atoms with E-state index in [1.807, 2.05) is 11.4 Å². The van der Waals surface area contributed by atoms with Crippen LogP contribution in [0.2, 0.25) is 10.0 Å². The molecule has 0 aliphatic carbocycles. The lowest BCUT2D eigenvalue weighted by atomic mass is 10.2. The number of sulfonamides is 1. The van der Waals surface area contributed by atoms with Crippen molar-refractivity contribution in [3.8, 4) is 11.3 Å². The Morgan fingerprint density at radius 1 is 1.10 bits per heavy atom. The molecule has 1 fully saturated rings. The van der Waals surface area contributed by atoms with E-state index in [2.05, 4.69) is 15.5 Å². The van der Waals surface area contributed by atoms with Gasteiger partial charge in [-0.05, 0) is 37.1 Å². The molecule has 1 N–H and O–H groups in total. The van der Waals surface area contributed by atoms with Crippen LogP contribution in [-0.4, -0.2) is 37.0 Å². The minimum Gasteiger partial charge on any atom is -0.253 e. The van der Waals surface area contributed by atoms with Crippen molar-refractivity contribution in [2.75, 3.05) is 18.5 Å². The lowest BCUT2D eigenvalue weighted by Gasteiger charge is -2.26. The summed E-state index contributed by atoms with van der Waals surface area (Å²) < 4.78 is 27.5. The Kier molecular flexibility index (Phi) is 6.93. The molecule has 4 rings (SSSR count). The molecule has 3 aromatic rings. The first kappa shape index (κ1) is 22.2. The number of nitrogens with zero attached hydrogens (tertiary/aromatic N) is 3. The summed E-state index contributed by atoms with van der Waals surface area (Å²) in [5.74, 6) is 0. The zero-order chi connectivity index (χ0) is 21.8. The summed E-state index contributed by atoms with van der Waals surface area (Å²) in [5.41, 5.74) is 5.03. The number of benzene rings is 2. The van der Waals surface area contributed by atoms with Gasteiger partial charge < -0.3 is 0 Å². The Bertz CT molecular complexity index is 1210. The topological polar surface area (TPSA) is 74.7 Å². The third kappa shape index (κ3) is 5.27. The fourth-order valence-corrected chi connectivity index (χ4v) is 5.98. The molecule has 2 heterocycles. The molecular formula is C21H20Cl2N4O2S2. The van der Waals surface area contributed by atoms with E-state index in [0.717, 1.165) is 30.4 Å². The van der Waals surface area contributed by atoms with Crippen molar-refractivity contribution in [2.45, 2.75) is 24.2 Å². The molecule has 0 atom stereocenters. The van der Waals surface area contributed by atoms with E-state index in [4.69, 9.17) is 23.2 Å². The lowest BCUT2D eigenvalue weighted by Crippen LogP contribution is -2.35. The van der Waals surface area contributed by atoms with Crippen LogP contribution in [0.5, 0.6) is 0 Å². The summed E-state index contributed by atoms with van der Waals surface area (Å²) in [6.07, 6.45) is 4.47. The minimum atomic E-state index is -3.49. The summed E-state index contributed by atoms with van der Waals surface area (Å²) in [6.45, 7) is 1.15. The van der Waals surface area contributed by atoms with Crippen molar-refractivity contribution < 1.29 is 8.42 Å². The number of hydrogen-bond donors (Lipinski definition) is 1. The number of aromatic nitrogens is 1. The van der Waals surface area contributed by atoms with Gasteiger partial charge in [0, 0.05) is 34.6 Å². The second-order valence-electron chi connectivity index (χ2n) is 7.07. The van der Waals surface area contributed by atoms with Gasteiger partial charge in [-0.2, -0.15) is 9.41 Å². The molecule has 1 saturated heterocycles.